The van der Waals surface area contributed by atoms with E-state index in [1.54, 1.807) is 21.0 Å². The highest BCUT2D eigenvalue weighted by Gasteiger charge is 2.40. The zero-order valence-corrected chi connectivity index (χ0v) is 9.87. The maximum absolute atomic E-state index is 11.5. The molecule has 0 aliphatic heterocycles. The van der Waals surface area contributed by atoms with Crippen molar-refractivity contribution in [2.24, 2.45) is 5.92 Å². The van der Waals surface area contributed by atoms with Crippen LogP contribution in [0.5, 0.6) is 0 Å². The number of Topliss-reactive ketones (excluding diaryl/α,β-unsaturated/α-hetero) is 1. The number of hydrogen-bond donors (Lipinski definition) is 0. The summed E-state index contributed by atoms with van der Waals surface area (Å²) in [5, 5.41) is 0. The highest BCUT2D eigenvalue weighted by molar-refractivity contribution is 5.87. The number of hydrogen-bond acceptors (Lipinski definition) is 3. The second-order valence-corrected chi connectivity index (χ2v) is 4.70. The number of ether oxygens (including phenoxy) is 1. The van der Waals surface area contributed by atoms with Crippen LogP contribution in [0.25, 0.3) is 0 Å². The van der Waals surface area contributed by atoms with Crippen molar-refractivity contribution in [1.29, 1.82) is 0 Å². The Labute approximate surface area is 90.6 Å². The number of amides is 1. The lowest BCUT2D eigenvalue weighted by Crippen LogP contribution is -2.42. The van der Waals surface area contributed by atoms with Crippen molar-refractivity contribution in [3.63, 3.8) is 0 Å². The number of rotatable bonds is 4. The third kappa shape index (κ3) is 3.22. The minimum atomic E-state index is -0.942. The Bertz CT molecular complexity index is 271. The van der Waals surface area contributed by atoms with Crippen molar-refractivity contribution in [2.75, 3.05) is 14.1 Å². The van der Waals surface area contributed by atoms with E-state index in [0.717, 1.165) is 12.8 Å². The van der Waals surface area contributed by atoms with E-state index in [4.69, 9.17) is 4.74 Å². The summed E-state index contributed by atoms with van der Waals surface area (Å²) in [6, 6.07) is 0. The fraction of sp³-hybridized carbons (Fsp3) is 0.818. The van der Waals surface area contributed by atoms with Crippen LogP contribution in [0.15, 0.2) is 0 Å². The summed E-state index contributed by atoms with van der Waals surface area (Å²) in [5.74, 6) is 0.471. The predicted octanol–water partition coefficient (Wildman–Crippen LogP) is 1.83. The van der Waals surface area contributed by atoms with Crippen LogP contribution in [0.1, 0.15) is 33.1 Å². The van der Waals surface area contributed by atoms with Gasteiger partial charge >= 0.3 is 6.09 Å². The minimum absolute atomic E-state index is 0.0791. The first-order valence-electron chi connectivity index (χ1n) is 5.26. The molecule has 0 spiro atoms. The van der Waals surface area contributed by atoms with Crippen molar-refractivity contribution < 1.29 is 14.3 Å². The van der Waals surface area contributed by atoms with E-state index in [1.165, 1.54) is 11.8 Å². The summed E-state index contributed by atoms with van der Waals surface area (Å²) >= 11 is 0. The Morgan fingerprint density at radius 2 is 1.93 bits per heavy atom. The first-order valence-corrected chi connectivity index (χ1v) is 5.26. The van der Waals surface area contributed by atoms with E-state index in [-0.39, 0.29) is 5.78 Å². The highest BCUT2D eigenvalue weighted by atomic mass is 16.6. The first-order chi connectivity index (χ1) is 6.85. The van der Waals surface area contributed by atoms with Gasteiger partial charge in [0.2, 0.25) is 0 Å². The van der Waals surface area contributed by atoms with Crippen molar-refractivity contribution in [3.8, 4) is 0 Å². The summed E-state index contributed by atoms with van der Waals surface area (Å²) in [6.45, 7) is 3.18. The molecule has 1 amide bonds. The number of carbonyl (C=O) groups excluding carboxylic acids is 2. The molecule has 0 saturated heterocycles. The molecule has 4 heteroatoms. The smallest absolute Gasteiger partial charge is 0.410 e. The Morgan fingerprint density at radius 3 is 2.27 bits per heavy atom. The van der Waals surface area contributed by atoms with Gasteiger partial charge in [0.1, 0.15) is 0 Å². The fourth-order valence-corrected chi connectivity index (χ4v) is 1.41. The molecule has 0 bridgehead atoms. The normalized spacial score (nSPS) is 19.2. The Hall–Kier alpha value is -1.06. The lowest BCUT2D eigenvalue weighted by atomic mass is 9.94. The van der Waals surface area contributed by atoms with Crippen LogP contribution in [0.4, 0.5) is 4.79 Å². The van der Waals surface area contributed by atoms with Gasteiger partial charge in [0.05, 0.1) is 0 Å². The van der Waals surface area contributed by atoms with E-state index < -0.39 is 11.7 Å². The van der Waals surface area contributed by atoms with Crippen molar-refractivity contribution in [2.45, 2.75) is 38.7 Å². The molecule has 0 N–H and O–H groups in total. The van der Waals surface area contributed by atoms with Crippen LogP contribution in [0, 0.1) is 5.92 Å². The quantitative estimate of drug-likeness (QED) is 0.715. The second-order valence-electron chi connectivity index (χ2n) is 4.70. The highest BCUT2D eigenvalue weighted by Crippen LogP contribution is 2.38. The fourth-order valence-electron chi connectivity index (χ4n) is 1.41. The summed E-state index contributed by atoms with van der Waals surface area (Å²) < 4.78 is 5.25. The number of nitrogens with zero attached hydrogens (tertiary/aromatic N) is 1. The van der Waals surface area contributed by atoms with Crippen molar-refractivity contribution >= 4 is 11.9 Å². The molecule has 1 saturated carbocycles. The van der Waals surface area contributed by atoms with Gasteiger partial charge in [-0.25, -0.2) is 4.79 Å². The van der Waals surface area contributed by atoms with Gasteiger partial charge in [-0.05, 0) is 26.2 Å². The zero-order chi connectivity index (χ0) is 11.6. The molecule has 86 valence electrons. The largest absolute Gasteiger partial charge is 0.435 e. The molecule has 1 unspecified atom stereocenters. The van der Waals surface area contributed by atoms with Gasteiger partial charge in [-0.1, -0.05) is 12.8 Å². The van der Waals surface area contributed by atoms with E-state index >= 15 is 0 Å². The predicted molar refractivity (Wildman–Crippen MR) is 56.6 cm³/mol. The molecule has 15 heavy (non-hydrogen) atoms. The maximum Gasteiger partial charge on any atom is 0.410 e. The molecule has 4 nitrogen and oxygen atoms in total. The summed E-state index contributed by atoms with van der Waals surface area (Å²) in [4.78, 5) is 24.2. The molecule has 1 aliphatic carbocycles. The Morgan fingerprint density at radius 1 is 1.40 bits per heavy atom. The SMILES string of the molecule is CC(=O)C(C)(CC1CC1)OC(=O)N(C)C. The van der Waals surface area contributed by atoms with Gasteiger partial charge in [-0.15, -0.1) is 0 Å². The standard InChI is InChI=1S/C11H19NO3/c1-8(13)11(2,7-9-5-6-9)15-10(14)12(3)4/h9H,5-7H2,1-4H3. The first kappa shape index (κ1) is 12.0. The summed E-state index contributed by atoms with van der Waals surface area (Å²) in [7, 11) is 3.22. The van der Waals surface area contributed by atoms with Crippen LogP contribution in [0.3, 0.4) is 0 Å². The van der Waals surface area contributed by atoms with Crippen LogP contribution in [0.2, 0.25) is 0 Å². The average molecular weight is 213 g/mol. The average Bonchev–Trinajstić information content (AvgIpc) is 2.87. The van der Waals surface area contributed by atoms with E-state index in [0.29, 0.717) is 12.3 Å². The van der Waals surface area contributed by atoms with Crippen molar-refractivity contribution in [1.82, 2.24) is 4.90 Å². The molecular formula is C11H19NO3. The monoisotopic (exact) mass is 213 g/mol. The van der Waals surface area contributed by atoms with Crippen LogP contribution in [-0.2, 0) is 9.53 Å². The van der Waals surface area contributed by atoms with Crippen LogP contribution >= 0.6 is 0 Å². The molecule has 1 atom stereocenters. The third-order valence-corrected chi connectivity index (χ3v) is 2.80. The lowest BCUT2D eigenvalue weighted by Gasteiger charge is -2.28. The zero-order valence-electron chi connectivity index (χ0n) is 9.87. The van der Waals surface area contributed by atoms with Gasteiger partial charge in [0.15, 0.2) is 11.4 Å². The van der Waals surface area contributed by atoms with Gasteiger partial charge in [0, 0.05) is 14.1 Å². The van der Waals surface area contributed by atoms with Crippen LogP contribution in [-0.4, -0.2) is 36.5 Å². The maximum atomic E-state index is 11.5. The molecule has 0 radical (unpaired) electrons. The van der Waals surface area contributed by atoms with Crippen molar-refractivity contribution in [3.05, 3.63) is 0 Å². The molecule has 0 aromatic carbocycles. The van der Waals surface area contributed by atoms with Gasteiger partial charge in [0.25, 0.3) is 0 Å². The molecular weight excluding hydrogens is 194 g/mol. The summed E-state index contributed by atoms with van der Waals surface area (Å²) in [5.41, 5.74) is -0.942. The molecule has 0 heterocycles. The summed E-state index contributed by atoms with van der Waals surface area (Å²) in [6.07, 6.45) is 2.49. The molecule has 1 rings (SSSR count). The molecule has 1 aliphatic rings. The number of carbonyl (C=O) groups is 2. The number of ketones is 1. The third-order valence-electron chi connectivity index (χ3n) is 2.80. The van der Waals surface area contributed by atoms with Gasteiger partial charge in [-0.2, -0.15) is 0 Å². The van der Waals surface area contributed by atoms with E-state index in [2.05, 4.69) is 0 Å². The van der Waals surface area contributed by atoms with Gasteiger partial charge < -0.3 is 9.64 Å². The Balaban J connectivity index is 2.63. The second kappa shape index (κ2) is 4.21. The Kier molecular flexibility index (Phi) is 3.37. The van der Waals surface area contributed by atoms with Crippen LogP contribution < -0.4 is 0 Å². The molecule has 0 aromatic rings. The van der Waals surface area contributed by atoms with E-state index in [1.807, 2.05) is 0 Å². The molecule has 0 aromatic heterocycles. The van der Waals surface area contributed by atoms with Gasteiger partial charge in [-0.3, -0.25) is 4.79 Å². The van der Waals surface area contributed by atoms with E-state index in [9.17, 15) is 9.59 Å². The topological polar surface area (TPSA) is 46.6 Å². The minimum Gasteiger partial charge on any atom is -0.435 e. The molecule has 1 fully saturated rings. The lowest BCUT2D eigenvalue weighted by molar-refractivity contribution is -0.135.